The highest BCUT2D eigenvalue weighted by Crippen LogP contribution is 2.24. The molecule has 0 aliphatic carbocycles. The number of rotatable bonds is 6. The number of anilines is 2. The molecule has 1 aromatic heterocycles. The van der Waals surface area contributed by atoms with Crippen molar-refractivity contribution in [3.05, 3.63) is 42.5 Å². The van der Waals surface area contributed by atoms with Crippen LogP contribution in [0.5, 0.6) is 0 Å². The summed E-state index contributed by atoms with van der Waals surface area (Å²) in [4.78, 5) is 6.51. The number of nitrogens with zero attached hydrogens (tertiary/aromatic N) is 3. The van der Waals surface area contributed by atoms with Gasteiger partial charge < -0.3 is 20.5 Å². The van der Waals surface area contributed by atoms with Gasteiger partial charge in [-0.2, -0.15) is 0 Å². The van der Waals surface area contributed by atoms with Crippen LogP contribution in [0, 0.1) is 6.92 Å². The Morgan fingerprint density at radius 2 is 2.32 bits per heavy atom. The molecule has 5 nitrogen and oxygen atoms in total. The van der Waals surface area contributed by atoms with E-state index in [9.17, 15) is 0 Å². The minimum Gasteiger partial charge on any atom is -0.399 e. The summed E-state index contributed by atoms with van der Waals surface area (Å²) in [5, 5.41) is 3.67. The summed E-state index contributed by atoms with van der Waals surface area (Å²) < 4.78 is 2.12. The number of hydrogen-bond donors (Lipinski definition) is 2. The van der Waals surface area contributed by atoms with Crippen molar-refractivity contribution in [2.75, 3.05) is 30.3 Å². The molecule has 22 heavy (non-hydrogen) atoms. The molecule has 1 fully saturated rings. The van der Waals surface area contributed by atoms with Gasteiger partial charge in [0.15, 0.2) is 0 Å². The molecule has 1 aliphatic heterocycles. The van der Waals surface area contributed by atoms with Crippen LogP contribution in [0.1, 0.15) is 18.4 Å². The van der Waals surface area contributed by atoms with Crippen LogP contribution >= 0.6 is 0 Å². The van der Waals surface area contributed by atoms with Crippen LogP contribution < -0.4 is 16.0 Å². The zero-order chi connectivity index (χ0) is 15.4. The molecule has 1 saturated heterocycles. The van der Waals surface area contributed by atoms with Crippen molar-refractivity contribution in [3.63, 3.8) is 0 Å². The molecule has 1 aliphatic rings. The number of hydrogen-bond acceptors (Lipinski definition) is 4. The summed E-state index contributed by atoms with van der Waals surface area (Å²) in [6.45, 7) is 6.34. The fourth-order valence-corrected chi connectivity index (χ4v) is 3.00. The first-order valence-corrected chi connectivity index (χ1v) is 8.02. The highest BCUT2D eigenvalue weighted by molar-refractivity contribution is 5.58. The Morgan fingerprint density at radius 1 is 1.41 bits per heavy atom. The number of benzene rings is 1. The van der Waals surface area contributed by atoms with Crippen LogP contribution in [-0.4, -0.2) is 35.2 Å². The molecule has 1 aromatic carbocycles. The molecule has 1 atom stereocenters. The van der Waals surface area contributed by atoms with Gasteiger partial charge in [0.1, 0.15) is 0 Å². The summed E-state index contributed by atoms with van der Waals surface area (Å²) >= 11 is 0. The maximum Gasteiger partial charge on any atom is 0.0945 e. The van der Waals surface area contributed by atoms with Gasteiger partial charge in [-0.25, -0.2) is 4.98 Å². The van der Waals surface area contributed by atoms with Crippen LogP contribution in [0.25, 0.3) is 0 Å². The van der Waals surface area contributed by atoms with Gasteiger partial charge in [0.05, 0.1) is 6.33 Å². The number of imidazole rings is 1. The van der Waals surface area contributed by atoms with E-state index in [0.29, 0.717) is 6.04 Å². The Hall–Kier alpha value is -2.01. The molecule has 3 N–H and O–H groups in total. The van der Waals surface area contributed by atoms with Crippen molar-refractivity contribution < 1.29 is 0 Å². The van der Waals surface area contributed by atoms with Crippen LogP contribution in [0.4, 0.5) is 11.4 Å². The molecule has 0 spiro atoms. The minimum absolute atomic E-state index is 0.584. The zero-order valence-electron chi connectivity index (χ0n) is 13.2. The van der Waals surface area contributed by atoms with Crippen molar-refractivity contribution in [3.8, 4) is 0 Å². The summed E-state index contributed by atoms with van der Waals surface area (Å²) in [7, 11) is 0. The zero-order valence-corrected chi connectivity index (χ0v) is 13.2. The molecule has 2 heterocycles. The van der Waals surface area contributed by atoms with E-state index in [-0.39, 0.29) is 0 Å². The van der Waals surface area contributed by atoms with Crippen molar-refractivity contribution in [2.45, 2.75) is 32.4 Å². The van der Waals surface area contributed by atoms with Gasteiger partial charge >= 0.3 is 0 Å². The quantitative estimate of drug-likeness (QED) is 0.633. The average Bonchev–Trinajstić information content (AvgIpc) is 3.18. The maximum atomic E-state index is 5.90. The first kappa shape index (κ1) is 14.9. The van der Waals surface area contributed by atoms with Gasteiger partial charge in [-0.3, -0.25) is 0 Å². The third-order valence-electron chi connectivity index (χ3n) is 4.39. The van der Waals surface area contributed by atoms with E-state index >= 15 is 0 Å². The molecule has 0 bridgehead atoms. The lowest BCUT2D eigenvalue weighted by atomic mass is 10.2. The van der Waals surface area contributed by atoms with Crippen LogP contribution in [0.2, 0.25) is 0 Å². The molecule has 2 aromatic rings. The lowest BCUT2D eigenvalue weighted by molar-refractivity contribution is 0.514. The number of nitrogens with one attached hydrogen (secondary N) is 1. The number of nitrogens with two attached hydrogens (primary N) is 1. The molecule has 1 unspecified atom stereocenters. The second kappa shape index (κ2) is 6.83. The van der Waals surface area contributed by atoms with Crippen molar-refractivity contribution in [2.24, 2.45) is 0 Å². The van der Waals surface area contributed by atoms with Gasteiger partial charge in [0.2, 0.25) is 0 Å². The molecule has 0 amide bonds. The lowest BCUT2D eigenvalue weighted by Gasteiger charge is -2.20. The minimum atomic E-state index is 0.584. The van der Waals surface area contributed by atoms with Gasteiger partial charge in [0.25, 0.3) is 0 Å². The third-order valence-corrected chi connectivity index (χ3v) is 4.39. The van der Waals surface area contributed by atoms with Crippen LogP contribution in [-0.2, 0) is 6.54 Å². The first-order valence-electron chi connectivity index (χ1n) is 8.02. The largest absolute Gasteiger partial charge is 0.399 e. The van der Waals surface area contributed by atoms with Crippen LogP contribution in [0.15, 0.2) is 36.9 Å². The van der Waals surface area contributed by atoms with Crippen LogP contribution in [0.3, 0.4) is 0 Å². The number of aryl methyl sites for hydroxylation is 2. The Balaban J connectivity index is 1.43. The van der Waals surface area contributed by atoms with E-state index in [1.165, 1.54) is 12.1 Å². The topological polar surface area (TPSA) is 59.1 Å². The van der Waals surface area contributed by atoms with E-state index < -0.39 is 0 Å². The number of aromatic nitrogens is 2. The Kier molecular flexibility index (Phi) is 4.63. The van der Waals surface area contributed by atoms with E-state index in [1.54, 1.807) is 0 Å². The summed E-state index contributed by atoms with van der Waals surface area (Å²) in [5.41, 5.74) is 9.22. The standard InChI is InChI=1S/C17H25N5/c1-14-11-16(3-4-17(14)18)22-9-5-15(12-22)20-6-2-8-21-10-7-19-13-21/h3-4,7,10-11,13,15,20H,2,5-6,8-9,12,18H2,1H3. The SMILES string of the molecule is Cc1cc(N2CCC(NCCCn3ccnc3)C2)ccc1N. The fraction of sp³-hybridized carbons (Fsp3) is 0.471. The molecule has 118 valence electrons. The van der Waals surface area contributed by atoms with E-state index in [4.69, 9.17) is 5.73 Å². The van der Waals surface area contributed by atoms with E-state index in [1.807, 2.05) is 24.8 Å². The van der Waals surface area contributed by atoms with Gasteiger partial charge in [-0.1, -0.05) is 0 Å². The summed E-state index contributed by atoms with van der Waals surface area (Å²) in [6, 6.07) is 6.91. The van der Waals surface area contributed by atoms with Crippen molar-refractivity contribution in [1.82, 2.24) is 14.9 Å². The van der Waals surface area contributed by atoms with Gasteiger partial charge in [0, 0.05) is 49.4 Å². The molecular weight excluding hydrogens is 274 g/mol. The molecule has 0 radical (unpaired) electrons. The highest BCUT2D eigenvalue weighted by atomic mass is 15.2. The smallest absolute Gasteiger partial charge is 0.0945 e. The second-order valence-corrected chi connectivity index (χ2v) is 6.08. The molecule has 0 saturated carbocycles. The predicted octanol–water partition coefficient (Wildman–Crippen LogP) is 2.03. The third kappa shape index (κ3) is 3.60. The summed E-state index contributed by atoms with van der Waals surface area (Å²) in [5.74, 6) is 0. The monoisotopic (exact) mass is 299 g/mol. The van der Waals surface area contributed by atoms with Gasteiger partial charge in [-0.05, 0) is 50.1 Å². The number of nitrogen functional groups attached to an aromatic ring is 1. The van der Waals surface area contributed by atoms with Gasteiger partial charge in [-0.15, -0.1) is 0 Å². The molecular formula is C17H25N5. The second-order valence-electron chi connectivity index (χ2n) is 6.08. The predicted molar refractivity (Wildman–Crippen MR) is 91.1 cm³/mol. The fourth-order valence-electron chi connectivity index (χ4n) is 3.00. The normalized spacial score (nSPS) is 18.0. The Morgan fingerprint density at radius 3 is 3.09 bits per heavy atom. The average molecular weight is 299 g/mol. The Labute approximate surface area is 132 Å². The Bertz CT molecular complexity index is 593. The van der Waals surface area contributed by atoms with E-state index in [2.05, 4.69) is 38.8 Å². The highest BCUT2D eigenvalue weighted by Gasteiger charge is 2.22. The maximum absolute atomic E-state index is 5.90. The summed E-state index contributed by atoms with van der Waals surface area (Å²) in [6.07, 6.45) is 8.06. The molecule has 5 heteroatoms. The first-order chi connectivity index (χ1) is 10.7. The van der Waals surface area contributed by atoms with Crippen molar-refractivity contribution in [1.29, 1.82) is 0 Å². The lowest BCUT2D eigenvalue weighted by Crippen LogP contribution is -2.33. The molecule has 3 rings (SSSR count). The van der Waals surface area contributed by atoms with Crippen molar-refractivity contribution >= 4 is 11.4 Å². The van der Waals surface area contributed by atoms with E-state index in [0.717, 1.165) is 43.9 Å².